The maximum absolute atomic E-state index is 11.0. The van der Waals surface area contributed by atoms with Crippen molar-refractivity contribution in [3.05, 3.63) is 0 Å². The van der Waals surface area contributed by atoms with E-state index in [1.54, 1.807) is 6.92 Å². The summed E-state index contributed by atoms with van der Waals surface area (Å²) in [6, 6.07) is -0.956. The maximum Gasteiger partial charge on any atom is 0.326 e. The summed E-state index contributed by atoms with van der Waals surface area (Å²) in [4.78, 5) is 32.5. The number of rotatable bonds is 6. The Bertz CT molecular complexity index is 237. The third-order valence-electron chi connectivity index (χ3n) is 1.76. The van der Waals surface area contributed by atoms with E-state index in [1.165, 1.54) is 0 Å². The van der Waals surface area contributed by atoms with Gasteiger partial charge in [0.2, 0.25) is 5.78 Å². The van der Waals surface area contributed by atoms with Crippen LogP contribution in [0.2, 0.25) is 0 Å². The van der Waals surface area contributed by atoms with Crippen LogP contribution in [0.15, 0.2) is 0 Å². The quantitative estimate of drug-likeness (QED) is 0.607. The first kappa shape index (κ1) is 12.6. The van der Waals surface area contributed by atoms with E-state index in [-0.39, 0.29) is 6.42 Å². The highest BCUT2D eigenvalue weighted by molar-refractivity contribution is 6.36. The van der Waals surface area contributed by atoms with Gasteiger partial charge in [0.15, 0.2) is 0 Å². The van der Waals surface area contributed by atoms with E-state index in [0.717, 1.165) is 0 Å². The van der Waals surface area contributed by atoms with Gasteiger partial charge in [0.1, 0.15) is 6.04 Å². The molecule has 0 aliphatic carbocycles. The minimum Gasteiger partial charge on any atom is -0.480 e. The van der Waals surface area contributed by atoms with Gasteiger partial charge >= 0.3 is 5.97 Å². The van der Waals surface area contributed by atoms with E-state index in [2.05, 4.69) is 5.32 Å². The van der Waals surface area contributed by atoms with E-state index in [9.17, 15) is 14.4 Å². The molecule has 80 valence electrons. The van der Waals surface area contributed by atoms with Crippen molar-refractivity contribution < 1.29 is 19.5 Å². The second-order valence-corrected chi connectivity index (χ2v) is 2.93. The number of hydrogen-bond donors (Lipinski definition) is 2. The number of aliphatic carboxylic acids is 1. The Morgan fingerprint density at radius 3 is 2.21 bits per heavy atom. The highest BCUT2D eigenvalue weighted by atomic mass is 16.4. The monoisotopic (exact) mass is 201 g/mol. The molecule has 0 aliphatic rings. The lowest BCUT2D eigenvalue weighted by atomic mass is 10.1. The van der Waals surface area contributed by atoms with Crippen LogP contribution in [-0.4, -0.2) is 28.8 Å². The normalized spacial score (nSPS) is 11.9. The average Bonchev–Trinajstić information content (AvgIpc) is 2.15. The predicted octanol–water partition coefficient (Wildman–Crippen LogP) is 0.335. The lowest BCUT2D eigenvalue weighted by Crippen LogP contribution is -2.43. The Morgan fingerprint density at radius 1 is 1.29 bits per heavy atom. The zero-order chi connectivity index (χ0) is 11.1. The Hall–Kier alpha value is -1.39. The number of amides is 1. The molecule has 0 rings (SSSR count). The van der Waals surface area contributed by atoms with Crippen LogP contribution in [0.1, 0.15) is 33.1 Å². The van der Waals surface area contributed by atoms with Crippen LogP contribution in [0, 0.1) is 0 Å². The number of carbonyl (C=O) groups is 3. The smallest absolute Gasteiger partial charge is 0.326 e. The van der Waals surface area contributed by atoms with Crippen molar-refractivity contribution >= 4 is 17.7 Å². The third-order valence-corrected chi connectivity index (χ3v) is 1.76. The van der Waals surface area contributed by atoms with Crippen molar-refractivity contribution in [2.75, 3.05) is 0 Å². The zero-order valence-electron chi connectivity index (χ0n) is 8.37. The maximum atomic E-state index is 11.0. The van der Waals surface area contributed by atoms with Crippen molar-refractivity contribution in [1.29, 1.82) is 0 Å². The summed E-state index contributed by atoms with van der Waals surface area (Å²) in [5, 5.41) is 10.9. The molecule has 0 aromatic heterocycles. The molecular weight excluding hydrogens is 186 g/mol. The topological polar surface area (TPSA) is 83.5 Å². The molecule has 5 nitrogen and oxygen atoms in total. The van der Waals surface area contributed by atoms with Crippen LogP contribution in [-0.2, 0) is 14.4 Å². The number of carbonyl (C=O) groups excluding carboxylic acids is 2. The lowest BCUT2D eigenvalue weighted by molar-refractivity contribution is -0.144. The molecule has 1 atom stereocenters. The molecule has 2 N–H and O–H groups in total. The summed E-state index contributed by atoms with van der Waals surface area (Å²) in [6.45, 7) is 3.36. The van der Waals surface area contributed by atoms with Gasteiger partial charge in [-0.1, -0.05) is 20.3 Å². The second-order valence-electron chi connectivity index (χ2n) is 2.93. The van der Waals surface area contributed by atoms with Crippen LogP contribution in [0.5, 0.6) is 0 Å². The molecule has 0 aromatic rings. The summed E-state index contributed by atoms with van der Waals surface area (Å²) in [5.74, 6) is -2.51. The number of carboxylic acids is 1. The highest BCUT2D eigenvalue weighted by Gasteiger charge is 2.21. The molecule has 0 heterocycles. The number of carboxylic acid groups (broad SMARTS) is 1. The Morgan fingerprint density at radius 2 is 1.86 bits per heavy atom. The van der Waals surface area contributed by atoms with E-state index < -0.39 is 23.7 Å². The summed E-state index contributed by atoms with van der Waals surface area (Å²) >= 11 is 0. The molecule has 5 heteroatoms. The van der Waals surface area contributed by atoms with E-state index in [0.29, 0.717) is 12.8 Å². The number of hydrogen-bond acceptors (Lipinski definition) is 3. The first-order chi connectivity index (χ1) is 6.52. The minimum atomic E-state index is -1.11. The van der Waals surface area contributed by atoms with Crippen LogP contribution < -0.4 is 5.32 Å². The molecule has 0 bridgehead atoms. The van der Waals surface area contributed by atoms with E-state index in [4.69, 9.17) is 5.11 Å². The Balaban J connectivity index is 4.23. The van der Waals surface area contributed by atoms with Crippen LogP contribution in [0.3, 0.4) is 0 Å². The number of Topliss-reactive ketones (excluding diaryl/α,β-unsaturated/α-hetero) is 1. The van der Waals surface area contributed by atoms with Crippen molar-refractivity contribution in [3.8, 4) is 0 Å². The SMILES string of the molecule is CCC[C@H](NC(=O)C(=O)CC)C(=O)O. The van der Waals surface area contributed by atoms with Gasteiger partial charge in [-0.15, -0.1) is 0 Å². The summed E-state index contributed by atoms with van der Waals surface area (Å²) in [7, 11) is 0. The van der Waals surface area contributed by atoms with Gasteiger partial charge in [-0.05, 0) is 6.42 Å². The number of ketones is 1. The molecule has 0 aliphatic heterocycles. The molecule has 0 saturated heterocycles. The molecule has 1 amide bonds. The Labute approximate surface area is 82.5 Å². The fraction of sp³-hybridized carbons (Fsp3) is 0.667. The fourth-order valence-electron chi connectivity index (χ4n) is 0.945. The van der Waals surface area contributed by atoms with E-state index in [1.807, 2.05) is 6.92 Å². The fourth-order valence-corrected chi connectivity index (χ4v) is 0.945. The molecule has 0 radical (unpaired) electrons. The molecular formula is C9H15NO4. The molecule has 0 spiro atoms. The molecule has 0 unspecified atom stereocenters. The van der Waals surface area contributed by atoms with Crippen LogP contribution >= 0.6 is 0 Å². The standard InChI is InChI=1S/C9H15NO4/c1-3-5-6(9(13)14)10-8(12)7(11)4-2/h6H,3-5H2,1-2H3,(H,10,12)(H,13,14)/t6-/m0/s1. The van der Waals surface area contributed by atoms with Gasteiger partial charge in [0.05, 0.1) is 0 Å². The number of nitrogens with one attached hydrogen (secondary N) is 1. The molecule has 0 fully saturated rings. The summed E-state index contributed by atoms with van der Waals surface area (Å²) < 4.78 is 0. The zero-order valence-corrected chi connectivity index (χ0v) is 8.37. The van der Waals surface area contributed by atoms with E-state index >= 15 is 0 Å². The van der Waals surface area contributed by atoms with Crippen LogP contribution in [0.25, 0.3) is 0 Å². The lowest BCUT2D eigenvalue weighted by Gasteiger charge is -2.12. The van der Waals surface area contributed by atoms with Gasteiger partial charge < -0.3 is 10.4 Å². The minimum absolute atomic E-state index is 0.0876. The van der Waals surface area contributed by atoms with Gasteiger partial charge in [-0.3, -0.25) is 9.59 Å². The predicted molar refractivity (Wildman–Crippen MR) is 49.8 cm³/mol. The molecule has 14 heavy (non-hydrogen) atoms. The average molecular weight is 201 g/mol. The molecule has 0 aromatic carbocycles. The van der Waals surface area contributed by atoms with Gasteiger partial charge in [0.25, 0.3) is 5.91 Å². The summed E-state index contributed by atoms with van der Waals surface area (Å²) in [6.07, 6.45) is 1.06. The second kappa shape index (κ2) is 6.12. The van der Waals surface area contributed by atoms with Gasteiger partial charge in [0, 0.05) is 6.42 Å². The van der Waals surface area contributed by atoms with Crippen molar-refractivity contribution in [2.45, 2.75) is 39.2 Å². The van der Waals surface area contributed by atoms with Gasteiger partial charge in [-0.2, -0.15) is 0 Å². The first-order valence-corrected chi connectivity index (χ1v) is 4.59. The highest BCUT2D eigenvalue weighted by Crippen LogP contribution is 1.97. The molecule has 0 saturated carbocycles. The van der Waals surface area contributed by atoms with Crippen molar-refractivity contribution in [3.63, 3.8) is 0 Å². The first-order valence-electron chi connectivity index (χ1n) is 4.59. The van der Waals surface area contributed by atoms with Crippen LogP contribution in [0.4, 0.5) is 0 Å². The van der Waals surface area contributed by atoms with Crippen molar-refractivity contribution in [1.82, 2.24) is 5.32 Å². The third kappa shape index (κ3) is 4.02. The Kier molecular flexibility index (Phi) is 5.52. The van der Waals surface area contributed by atoms with Crippen molar-refractivity contribution in [2.24, 2.45) is 0 Å². The van der Waals surface area contributed by atoms with Gasteiger partial charge in [-0.25, -0.2) is 4.79 Å². The summed E-state index contributed by atoms with van der Waals surface area (Å²) in [5.41, 5.74) is 0. The largest absolute Gasteiger partial charge is 0.480 e.